The van der Waals surface area contributed by atoms with Crippen LogP contribution in [0.1, 0.15) is 6.92 Å². The van der Waals surface area contributed by atoms with Crippen LogP contribution >= 0.6 is 11.6 Å². The van der Waals surface area contributed by atoms with Gasteiger partial charge in [0.05, 0.1) is 38.0 Å². The van der Waals surface area contributed by atoms with Gasteiger partial charge in [0.15, 0.2) is 0 Å². The Labute approximate surface area is 117 Å². The molecule has 5 nitrogen and oxygen atoms in total. The fourth-order valence-corrected chi connectivity index (χ4v) is 1.79. The topological polar surface area (TPSA) is 56.8 Å². The summed E-state index contributed by atoms with van der Waals surface area (Å²) >= 11 is 6.05. The van der Waals surface area contributed by atoms with Gasteiger partial charge in [0, 0.05) is 12.6 Å². The Morgan fingerprint density at radius 3 is 2.42 bits per heavy atom. The number of carbonyl (C=O) groups is 1. The van der Waals surface area contributed by atoms with Gasteiger partial charge in [0.1, 0.15) is 11.5 Å². The Morgan fingerprint density at radius 1 is 1.26 bits per heavy atom. The van der Waals surface area contributed by atoms with Gasteiger partial charge in [-0.25, -0.2) is 0 Å². The van der Waals surface area contributed by atoms with Crippen molar-refractivity contribution in [2.45, 2.75) is 6.92 Å². The highest BCUT2D eigenvalue weighted by Gasteiger charge is 2.15. The zero-order valence-electron chi connectivity index (χ0n) is 11.5. The molecule has 1 atom stereocenters. The van der Waals surface area contributed by atoms with Crippen LogP contribution in [0.4, 0.5) is 5.69 Å². The maximum atomic E-state index is 11.3. The second-order valence-corrected chi connectivity index (χ2v) is 4.40. The van der Waals surface area contributed by atoms with Gasteiger partial charge in [0.25, 0.3) is 0 Å². The molecular weight excluding hydrogens is 270 g/mol. The van der Waals surface area contributed by atoms with E-state index < -0.39 is 0 Å². The van der Waals surface area contributed by atoms with Crippen LogP contribution in [0.15, 0.2) is 12.1 Å². The second kappa shape index (κ2) is 7.09. The van der Waals surface area contributed by atoms with Crippen molar-refractivity contribution < 1.29 is 19.0 Å². The molecule has 0 spiro atoms. The predicted molar refractivity (Wildman–Crippen MR) is 74.2 cm³/mol. The third-order valence-electron chi connectivity index (χ3n) is 2.68. The minimum atomic E-state index is -0.272. The lowest BCUT2D eigenvalue weighted by Gasteiger charge is -2.15. The molecule has 0 heterocycles. The number of hydrogen-bond donors (Lipinski definition) is 1. The third kappa shape index (κ3) is 3.92. The summed E-state index contributed by atoms with van der Waals surface area (Å²) in [6, 6.07) is 3.39. The van der Waals surface area contributed by atoms with Crippen LogP contribution in [-0.4, -0.2) is 33.8 Å². The molecule has 0 saturated carbocycles. The molecule has 1 N–H and O–H groups in total. The lowest BCUT2D eigenvalue weighted by Crippen LogP contribution is -2.21. The van der Waals surface area contributed by atoms with Gasteiger partial charge in [-0.3, -0.25) is 4.79 Å². The number of carbonyl (C=O) groups excluding carboxylic acids is 1. The highest BCUT2D eigenvalue weighted by atomic mass is 35.5. The molecule has 0 radical (unpaired) electrons. The largest absolute Gasteiger partial charge is 0.495 e. The quantitative estimate of drug-likeness (QED) is 0.815. The van der Waals surface area contributed by atoms with Crippen molar-refractivity contribution in [1.29, 1.82) is 0 Å². The standard InChI is InChI=1S/C13H18ClNO4/c1-8(13(16)19-4)7-15-10-5-9(14)11(17-2)6-12(10)18-3/h5-6,8,15H,7H2,1-4H3. The van der Waals surface area contributed by atoms with E-state index in [0.717, 1.165) is 0 Å². The van der Waals surface area contributed by atoms with Gasteiger partial charge in [-0.05, 0) is 6.07 Å². The van der Waals surface area contributed by atoms with Crippen LogP contribution in [0.3, 0.4) is 0 Å². The second-order valence-electron chi connectivity index (χ2n) is 3.99. The van der Waals surface area contributed by atoms with Crippen LogP contribution in [-0.2, 0) is 9.53 Å². The van der Waals surface area contributed by atoms with E-state index in [2.05, 4.69) is 10.1 Å². The maximum Gasteiger partial charge on any atom is 0.310 e. The number of rotatable bonds is 6. The summed E-state index contributed by atoms with van der Waals surface area (Å²) in [5, 5.41) is 3.57. The number of esters is 1. The number of anilines is 1. The summed E-state index contributed by atoms with van der Waals surface area (Å²) in [5.74, 6) is 0.588. The van der Waals surface area contributed by atoms with Crippen LogP contribution in [0.2, 0.25) is 5.02 Å². The normalized spacial score (nSPS) is 11.6. The first-order valence-electron chi connectivity index (χ1n) is 5.76. The molecule has 0 bridgehead atoms. The Bertz CT molecular complexity index is 451. The summed E-state index contributed by atoms with van der Waals surface area (Å²) in [5.41, 5.74) is 0.698. The van der Waals surface area contributed by atoms with E-state index >= 15 is 0 Å². The van der Waals surface area contributed by atoms with E-state index in [1.807, 2.05) is 0 Å². The molecule has 0 aromatic heterocycles. The summed E-state index contributed by atoms with van der Waals surface area (Å²) in [4.78, 5) is 11.3. The Balaban J connectivity index is 2.83. The van der Waals surface area contributed by atoms with Crippen molar-refractivity contribution in [3.8, 4) is 11.5 Å². The summed E-state index contributed by atoms with van der Waals surface area (Å²) in [6.07, 6.45) is 0. The van der Waals surface area contributed by atoms with Gasteiger partial charge in [-0.2, -0.15) is 0 Å². The monoisotopic (exact) mass is 287 g/mol. The molecule has 1 rings (SSSR count). The van der Waals surface area contributed by atoms with Gasteiger partial charge >= 0.3 is 5.97 Å². The van der Waals surface area contributed by atoms with Gasteiger partial charge in [-0.15, -0.1) is 0 Å². The molecular formula is C13H18ClNO4. The lowest BCUT2D eigenvalue weighted by molar-refractivity contribution is -0.144. The fourth-order valence-electron chi connectivity index (χ4n) is 1.55. The zero-order valence-corrected chi connectivity index (χ0v) is 12.2. The zero-order chi connectivity index (χ0) is 14.4. The fraction of sp³-hybridized carbons (Fsp3) is 0.462. The molecule has 0 aliphatic heterocycles. The molecule has 1 aromatic rings. The molecule has 6 heteroatoms. The van der Waals surface area contributed by atoms with Crippen molar-refractivity contribution in [2.24, 2.45) is 5.92 Å². The minimum absolute atomic E-state index is 0.268. The van der Waals surface area contributed by atoms with Crippen molar-refractivity contribution in [2.75, 3.05) is 33.2 Å². The number of halogens is 1. The van der Waals surface area contributed by atoms with Gasteiger partial charge in [-0.1, -0.05) is 18.5 Å². The van der Waals surface area contributed by atoms with E-state index in [4.69, 9.17) is 21.1 Å². The molecule has 1 aromatic carbocycles. The van der Waals surface area contributed by atoms with E-state index in [9.17, 15) is 4.79 Å². The molecule has 0 amide bonds. The van der Waals surface area contributed by atoms with Crippen molar-refractivity contribution in [1.82, 2.24) is 0 Å². The summed E-state index contributed by atoms with van der Waals surface area (Å²) in [6.45, 7) is 2.20. The van der Waals surface area contributed by atoms with Crippen molar-refractivity contribution >= 4 is 23.3 Å². The lowest BCUT2D eigenvalue weighted by atomic mass is 10.2. The molecule has 0 fully saturated rings. The Kier molecular flexibility index (Phi) is 5.76. The summed E-state index contributed by atoms with van der Waals surface area (Å²) in [7, 11) is 4.45. The van der Waals surface area contributed by atoms with Gasteiger partial charge in [0.2, 0.25) is 0 Å². The number of benzene rings is 1. The Morgan fingerprint density at radius 2 is 1.89 bits per heavy atom. The molecule has 106 valence electrons. The highest BCUT2D eigenvalue weighted by Crippen LogP contribution is 2.35. The molecule has 0 aliphatic carbocycles. The smallest absolute Gasteiger partial charge is 0.310 e. The van der Waals surface area contributed by atoms with E-state index in [1.54, 1.807) is 26.2 Å². The first kappa shape index (κ1) is 15.4. The van der Waals surface area contributed by atoms with Gasteiger partial charge < -0.3 is 19.5 Å². The number of hydrogen-bond acceptors (Lipinski definition) is 5. The Hall–Kier alpha value is -1.62. The highest BCUT2D eigenvalue weighted by molar-refractivity contribution is 6.32. The third-order valence-corrected chi connectivity index (χ3v) is 2.97. The van der Waals surface area contributed by atoms with E-state index in [0.29, 0.717) is 28.8 Å². The number of methoxy groups -OCH3 is 3. The van der Waals surface area contributed by atoms with E-state index in [-0.39, 0.29) is 11.9 Å². The average molecular weight is 288 g/mol. The molecule has 19 heavy (non-hydrogen) atoms. The predicted octanol–water partition coefficient (Wildman–Crippen LogP) is 2.58. The summed E-state index contributed by atoms with van der Waals surface area (Å²) < 4.78 is 15.0. The van der Waals surface area contributed by atoms with Crippen LogP contribution < -0.4 is 14.8 Å². The average Bonchev–Trinajstić information content (AvgIpc) is 2.43. The minimum Gasteiger partial charge on any atom is -0.495 e. The van der Waals surface area contributed by atoms with Crippen molar-refractivity contribution in [3.63, 3.8) is 0 Å². The first-order valence-corrected chi connectivity index (χ1v) is 6.14. The first-order chi connectivity index (χ1) is 9.03. The maximum absolute atomic E-state index is 11.3. The molecule has 1 unspecified atom stereocenters. The van der Waals surface area contributed by atoms with Crippen LogP contribution in [0.5, 0.6) is 11.5 Å². The van der Waals surface area contributed by atoms with E-state index in [1.165, 1.54) is 14.2 Å². The van der Waals surface area contributed by atoms with Crippen molar-refractivity contribution in [3.05, 3.63) is 17.2 Å². The number of nitrogens with one attached hydrogen (secondary N) is 1. The van der Waals surface area contributed by atoms with Crippen LogP contribution in [0.25, 0.3) is 0 Å². The SMILES string of the molecule is COC(=O)C(C)CNc1cc(Cl)c(OC)cc1OC. The molecule has 0 aliphatic rings. The number of ether oxygens (including phenoxy) is 3. The van der Waals surface area contributed by atoms with Crippen LogP contribution in [0, 0.1) is 5.92 Å². The molecule has 0 saturated heterocycles.